The van der Waals surface area contributed by atoms with Gasteiger partial charge in [-0.15, -0.1) is 0 Å². The highest BCUT2D eigenvalue weighted by molar-refractivity contribution is 5.96. The van der Waals surface area contributed by atoms with Crippen molar-refractivity contribution in [2.45, 2.75) is 70.4 Å². The molecule has 1 aromatic carbocycles. The number of nitrogens with one attached hydrogen (secondary N) is 2. The molecule has 0 unspecified atom stereocenters. The van der Waals surface area contributed by atoms with Crippen molar-refractivity contribution < 1.29 is 9.59 Å². The van der Waals surface area contributed by atoms with Crippen molar-refractivity contribution in [3.8, 4) is 0 Å². The number of piperidine rings is 1. The maximum Gasteiger partial charge on any atom is 0.319 e. The fraction of sp³-hybridized carbons (Fsp3) is 0.619. The fourth-order valence-corrected chi connectivity index (χ4v) is 4.25. The zero-order valence-corrected chi connectivity index (χ0v) is 15.8. The number of benzene rings is 1. The van der Waals surface area contributed by atoms with Crippen molar-refractivity contribution in [2.75, 3.05) is 18.4 Å². The number of ketones is 1. The van der Waals surface area contributed by atoms with Crippen LogP contribution in [0.15, 0.2) is 24.3 Å². The fourth-order valence-electron chi connectivity index (χ4n) is 4.25. The number of carbonyl (C=O) groups excluding carboxylic acids is 2. The molecule has 142 valence electrons. The summed E-state index contributed by atoms with van der Waals surface area (Å²) in [6, 6.07) is 7.79. The van der Waals surface area contributed by atoms with Crippen LogP contribution in [0.2, 0.25) is 0 Å². The largest absolute Gasteiger partial charge is 0.334 e. The molecule has 1 saturated heterocycles. The second-order valence-corrected chi connectivity index (χ2v) is 7.71. The number of rotatable bonds is 4. The van der Waals surface area contributed by atoms with Crippen LogP contribution < -0.4 is 10.6 Å². The van der Waals surface area contributed by atoms with E-state index in [1.165, 1.54) is 45.4 Å². The summed E-state index contributed by atoms with van der Waals surface area (Å²) in [4.78, 5) is 26.4. The van der Waals surface area contributed by atoms with Crippen molar-refractivity contribution in [3.05, 3.63) is 29.8 Å². The summed E-state index contributed by atoms with van der Waals surface area (Å²) in [5, 5.41) is 5.99. The Balaban J connectivity index is 1.52. The molecule has 1 aliphatic carbocycles. The van der Waals surface area contributed by atoms with Crippen molar-refractivity contribution in [1.82, 2.24) is 10.2 Å². The number of Topliss-reactive ketones (excluding diaryl/α,β-unsaturated/α-hetero) is 1. The van der Waals surface area contributed by atoms with Gasteiger partial charge in [-0.3, -0.25) is 9.69 Å². The van der Waals surface area contributed by atoms with Gasteiger partial charge in [0.2, 0.25) is 0 Å². The van der Waals surface area contributed by atoms with Gasteiger partial charge >= 0.3 is 6.03 Å². The third-order valence-electron chi connectivity index (χ3n) is 5.66. The minimum Gasteiger partial charge on any atom is -0.334 e. The topological polar surface area (TPSA) is 61.4 Å². The predicted octanol–water partition coefficient (Wildman–Crippen LogP) is 4.20. The Hall–Kier alpha value is -1.88. The quantitative estimate of drug-likeness (QED) is 0.627. The Morgan fingerprint density at radius 1 is 1.04 bits per heavy atom. The van der Waals surface area contributed by atoms with E-state index in [9.17, 15) is 9.59 Å². The highest BCUT2D eigenvalue weighted by Gasteiger charge is 2.27. The molecular formula is C21H31N3O2. The van der Waals surface area contributed by atoms with Gasteiger partial charge in [-0.1, -0.05) is 37.8 Å². The van der Waals surface area contributed by atoms with E-state index in [1.807, 2.05) is 6.07 Å². The van der Waals surface area contributed by atoms with E-state index >= 15 is 0 Å². The summed E-state index contributed by atoms with van der Waals surface area (Å²) in [5.74, 6) is 0.000353. The molecule has 1 saturated carbocycles. The van der Waals surface area contributed by atoms with Crippen LogP contribution in [-0.4, -0.2) is 41.9 Å². The number of urea groups is 1. The van der Waals surface area contributed by atoms with E-state index in [-0.39, 0.29) is 17.9 Å². The second-order valence-electron chi connectivity index (χ2n) is 7.71. The molecule has 5 heteroatoms. The van der Waals surface area contributed by atoms with Crippen molar-refractivity contribution in [2.24, 2.45) is 0 Å². The lowest BCUT2D eigenvalue weighted by molar-refractivity contribution is 0.101. The first kappa shape index (κ1) is 18.9. The Labute approximate surface area is 156 Å². The van der Waals surface area contributed by atoms with E-state index in [4.69, 9.17) is 0 Å². The molecule has 2 aliphatic rings. The van der Waals surface area contributed by atoms with Crippen LogP contribution in [-0.2, 0) is 0 Å². The third kappa shape index (κ3) is 5.31. The molecule has 5 nitrogen and oxygen atoms in total. The molecule has 1 aliphatic heterocycles. The zero-order chi connectivity index (χ0) is 18.4. The lowest BCUT2D eigenvalue weighted by Crippen LogP contribution is -2.51. The molecule has 26 heavy (non-hydrogen) atoms. The van der Waals surface area contributed by atoms with Crippen LogP contribution in [0.5, 0.6) is 0 Å². The molecule has 2 fully saturated rings. The van der Waals surface area contributed by atoms with Crippen LogP contribution in [0.4, 0.5) is 10.5 Å². The molecule has 0 bridgehead atoms. The van der Waals surface area contributed by atoms with Gasteiger partial charge < -0.3 is 10.6 Å². The number of anilines is 1. The summed E-state index contributed by atoms with van der Waals surface area (Å²) in [5.41, 5.74) is 1.27. The summed E-state index contributed by atoms with van der Waals surface area (Å²) in [7, 11) is 0. The summed E-state index contributed by atoms with van der Waals surface area (Å²) >= 11 is 0. The van der Waals surface area contributed by atoms with Crippen molar-refractivity contribution >= 4 is 17.5 Å². The molecular weight excluding hydrogens is 326 g/mol. The van der Waals surface area contributed by atoms with Gasteiger partial charge in [0.25, 0.3) is 0 Å². The van der Waals surface area contributed by atoms with E-state index in [1.54, 1.807) is 18.2 Å². The zero-order valence-electron chi connectivity index (χ0n) is 15.8. The lowest BCUT2D eigenvalue weighted by Gasteiger charge is -2.38. The Morgan fingerprint density at radius 3 is 2.54 bits per heavy atom. The minimum absolute atomic E-state index is 0.000353. The average Bonchev–Trinajstić information content (AvgIpc) is 2.91. The van der Waals surface area contributed by atoms with Gasteiger partial charge in [0.05, 0.1) is 0 Å². The summed E-state index contributed by atoms with van der Waals surface area (Å²) in [6.45, 7) is 3.64. The molecule has 0 spiro atoms. The third-order valence-corrected chi connectivity index (χ3v) is 5.66. The first-order chi connectivity index (χ1) is 12.6. The number of likely N-dealkylation sites (tertiary alicyclic amines) is 1. The Kier molecular flexibility index (Phi) is 6.67. The van der Waals surface area contributed by atoms with E-state index < -0.39 is 0 Å². The predicted molar refractivity (Wildman–Crippen MR) is 105 cm³/mol. The normalized spacial score (nSPS) is 22.4. The summed E-state index contributed by atoms with van der Waals surface area (Å²) < 4.78 is 0. The Morgan fingerprint density at radius 2 is 1.81 bits per heavy atom. The van der Waals surface area contributed by atoms with Crippen LogP contribution >= 0.6 is 0 Å². The molecule has 2 amide bonds. The van der Waals surface area contributed by atoms with Crippen LogP contribution in [0.3, 0.4) is 0 Å². The minimum atomic E-state index is -0.182. The first-order valence-electron chi connectivity index (χ1n) is 10.0. The maximum atomic E-state index is 12.4. The van der Waals surface area contributed by atoms with Gasteiger partial charge in [-0.2, -0.15) is 0 Å². The van der Waals surface area contributed by atoms with E-state index in [0.717, 1.165) is 25.9 Å². The van der Waals surface area contributed by atoms with Crippen LogP contribution in [0, 0.1) is 0 Å². The smallest absolute Gasteiger partial charge is 0.319 e. The van der Waals surface area contributed by atoms with Gasteiger partial charge in [0, 0.05) is 29.9 Å². The maximum absolute atomic E-state index is 12.4. The number of hydrogen-bond acceptors (Lipinski definition) is 3. The highest BCUT2D eigenvalue weighted by Crippen LogP contribution is 2.24. The standard InChI is InChI=1S/C21H31N3O2/c1-16(25)17-8-6-9-18(14-17)22-21(26)23-19-10-7-13-24(15-19)20-11-4-2-3-5-12-20/h6,8-9,14,19-20H,2-5,7,10-13,15H2,1H3,(H2,22,23,26)/t19-/m0/s1. The van der Waals surface area contributed by atoms with E-state index in [0.29, 0.717) is 17.3 Å². The molecule has 1 atom stereocenters. The average molecular weight is 357 g/mol. The van der Waals surface area contributed by atoms with Crippen LogP contribution in [0.25, 0.3) is 0 Å². The van der Waals surface area contributed by atoms with Gasteiger partial charge in [0.1, 0.15) is 0 Å². The number of carbonyl (C=O) groups is 2. The van der Waals surface area contributed by atoms with Crippen LogP contribution in [0.1, 0.15) is 68.6 Å². The Bertz CT molecular complexity index is 623. The molecule has 3 rings (SSSR count). The number of nitrogens with zero attached hydrogens (tertiary/aromatic N) is 1. The highest BCUT2D eigenvalue weighted by atomic mass is 16.2. The monoisotopic (exact) mass is 357 g/mol. The first-order valence-corrected chi connectivity index (χ1v) is 10.0. The molecule has 0 aromatic heterocycles. The number of hydrogen-bond donors (Lipinski definition) is 2. The molecule has 1 heterocycles. The van der Waals surface area contributed by atoms with Crippen molar-refractivity contribution in [3.63, 3.8) is 0 Å². The molecule has 1 aromatic rings. The van der Waals surface area contributed by atoms with Gasteiger partial charge in [0.15, 0.2) is 5.78 Å². The number of amides is 2. The molecule has 2 N–H and O–H groups in total. The lowest BCUT2D eigenvalue weighted by atomic mass is 10.00. The van der Waals surface area contributed by atoms with E-state index in [2.05, 4.69) is 15.5 Å². The molecule has 0 radical (unpaired) electrons. The SMILES string of the molecule is CC(=O)c1cccc(NC(=O)N[C@H]2CCCN(C3CCCCCC3)C2)c1. The summed E-state index contributed by atoms with van der Waals surface area (Å²) in [6.07, 6.45) is 10.2. The van der Waals surface area contributed by atoms with Gasteiger partial charge in [-0.25, -0.2) is 4.79 Å². The van der Waals surface area contributed by atoms with Gasteiger partial charge in [-0.05, 0) is 51.3 Å². The van der Waals surface area contributed by atoms with Crippen molar-refractivity contribution in [1.29, 1.82) is 0 Å². The second kappa shape index (κ2) is 9.17.